The van der Waals surface area contributed by atoms with Gasteiger partial charge in [-0.15, -0.1) is 0 Å². The van der Waals surface area contributed by atoms with E-state index in [0.717, 1.165) is 17.9 Å². The summed E-state index contributed by atoms with van der Waals surface area (Å²) in [6.07, 6.45) is 1.38. The summed E-state index contributed by atoms with van der Waals surface area (Å²) in [5.41, 5.74) is 4.07. The Morgan fingerprint density at radius 2 is 1.83 bits per heavy atom. The summed E-state index contributed by atoms with van der Waals surface area (Å²) in [4.78, 5) is 12.0. The number of nitrogens with one attached hydrogen (secondary N) is 1. The van der Waals surface area contributed by atoms with E-state index < -0.39 is 0 Å². The second-order valence-electron chi connectivity index (χ2n) is 5.76. The first-order chi connectivity index (χ1) is 11.7. The molecule has 0 fully saturated rings. The van der Waals surface area contributed by atoms with Crippen molar-refractivity contribution in [1.82, 2.24) is 10.5 Å². The van der Waals surface area contributed by atoms with Crippen LogP contribution in [0.4, 0.5) is 0 Å². The van der Waals surface area contributed by atoms with Crippen LogP contribution in [0.25, 0.3) is 0 Å². The number of carbonyl (C=O) groups is 1. The largest absolute Gasteiger partial charge is 0.361 e. The molecule has 1 aromatic heterocycles. The molecule has 2 aromatic carbocycles. The first-order valence-corrected chi connectivity index (χ1v) is 8.04. The molecule has 122 valence electrons. The number of aromatic nitrogens is 1. The molecule has 0 saturated heterocycles. The minimum absolute atomic E-state index is 0.0738. The Morgan fingerprint density at radius 3 is 2.62 bits per heavy atom. The number of aryl methyl sites for hydroxylation is 1. The van der Waals surface area contributed by atoms with Crippen LogP contribution in [-0.4, -0.2) is 17.6 Å². The predicted octanol–water partition coefficient (Wildman–Crippen LogP) is 3.55. The Bertz CT molecular complexity index is 809. The highest BCUT2D eigenvalue weighted by atomic mass is 16.5. The number of amides is 1. The van der Waals surface area contributed by atoms with Crippen LogP contribution in [0.1, 0.15) is 32.9 Å². The van der Waals surface area contributed by atoms with Crippen LogP contribution in [0.5, 0.6) is 0 Å². The van der Waals surface area contributed by atoms with Crippen LogP contribution < -0.4 is 5.32 Å². The van der Waals surface area contributed by atoms with Gasteiger partial charge in [0.05, 0.1) is 5.69 Å². The zero-order valence-corrected chi connectivity index (χ0v) is 13.7. The highest BCUT2D eigenvalue weighted by molar-refractivity contribution is 5.94. The topological polar surface area (TPSA) is 55.1 Å². The molecule has 24 heavy (non-hydrogen) atoms. The molecular formula is C20H20N2O2. The second-order valence-corrected chi connectivity index (χ2v) is 5.76. The molecule has 0 radical (unpaired) electrons. The van der Waals surface area contributed by atoms with Crippen molar-refractivity contribution in [1.29, 1.82) is 0 Å². The fraction of sp³-hybridized carbons (Fsp3) is 0.200. The molecule has 3 aromatic rings. The minimum Gasteiger partial charge on any atom is -0.361 e. The average molecular weight is 320 g/mol. The first-order valence-electron chi connectivity index (χ1n) is 8.04. The summed E-state index contributed by atoms with van der Waals surface area (Å²) in [6, 6.07) is 19.4. The molecule has 0 bridgehead atoms. The molecule has 4 heteroatoms. The van der Waals surface area contributed by atoms with Crippen molar-refractivity contribution in [3.05, 3.63) is 88.8 Å². The predicted molar refractivity (Wildman–Crippen MR) is 93.0 cm³/mol. The summed E-state index contributed by atoms with van der Waals surface area (Å²) in [5, 5.41) is 7.01. The van der Waals surface area contributed by atoms with E-state index in [0.29, 0.717) is 18.5 Å². The van der Waals surface area contributed by atoms with Gasteiger partial charge in [-0.3, -0.25) is 4.79 Å². The maximum atomic E-state index is 12.0. The Hall–Kier alpha value is -2.88. The third-order valence-corrected chi connectivity index (χ3v) is 3.93. The molecule has 0 aliphatic rings. The zero-order chi connectivity index (χ0) is 16.8. The number of benzene rings is 2. The van der Waals surface area contributed by atoms with Crippen LogP contribution >= 0.6 is 0 Å². The van der Waals surface area contributed by atoms with Gasteiger partial charge in [0, 0.05) is 31.0 Å². The van der Waals surface area contributed by atoms with E-state index in [-0.39, 0.29) is 5.91 Å². The summed E-state index contributed by atoms with van der Waals surface area (Å²) >= 11 is 0. The molecule has 1 N–H and O–H groups in total. The van der Waals surface area contributed by atoms with E-state index in [9.17, 15) is 4.79 Å². The Balaban J connectivity index is 1.51. The monoisotopic (exact) mass is 320 g/mol. The molecule has 0 unspecified atom stereocenters. The van der Waals surface area contributed by atoms with E-state index in [1.54, 1.807) is 12.1 Å². The smallest absolute Gasteiger partial charge is 0.251 e. The van der Waals surface area contributed by atoms with Gasteiger partial charge in [0.15, 0.2) is 0 Å². The lowest BCUT2D eigenvalue weighted by Crippen LogP contribution is -2.25. The van der Waals surface area contributed by atoms with Gasteiger partial charge in [0.2, 0.25) is 0 Å². The fourth-order valence-corrected chi connectivity index (χ4v) is 2.55. The van der Waals surface area contributed by atoms with Crippen LogP contribution in [0, 0.1) is 6.92 Å². The standard InChI is InChI=1S/C20H20N2O2/c1-15-7-5-6-10-17(15)13-18-14-19(24-22-18)11-12-21-20(23)16-8-3-2-4-9-16/h2-10,14H,11-13H2,1H3,(H,21,23). The Kier molecular flexibility index (Phi) is 5.06. The number of carbonyl (C=O) groups excluding carboxylic acids is 1. The first kappa shape index (κ1) is 16.0. The number of hydrogen-bond donors (Lipinski definition) is 1. The van der Waals surface area contributed by atoms with Gasteiger partial charge in [-0.25, -0.2) is 0 Å². The third-order valence-electron chi connectivity index (χ3n) is 3.93. The molecule has 0 aliphatic carbocycles. The molecular weight excluding hydrogens is 300 g/mol. The molecule has 0 saturated carbocycles. The molecule has 0 spiro atoms. The minimum atomic E-state index is -0.0738. The lowest BCUT2D eigenvalue weighted by molar-refractivity contribution is 0.0953. The highest BCUT2D eigenvalue weighted by Crippen LogP contribution is 2.14. The Morgan fingerprint density at radius 1 is 1.08 bits per heavy atom. The normalized spacial score (nSPS) is 10.5. The van der Waals surface area contributed by atoms with Crippen molar-refractivity contribution in [2.45, 2.75) is 19.8 Å². The van der Waals surface area contributed by atoms with Gasteiger partial charge < -0.3 is 9.84 Å². The van der Waals surface area contributed by atoms with E-state index in [2.05, 4.69) is 29.5 Å². The van der Waals surface area contributed by atoms with Crippen LogP contribution in [0.2, 0.25) is 0 Å². The third kappa shape index (κ3) is 4.10. The fourth-order valence-electron chi connectivity index (χ4n) is 2.55. The van der Waals surface area contributed by atoms with E-state index in [1.807, 2.05) is 36.4 Å². The lowest BCUT2D eigenvalue weighted by atomic mass is 10.0. The van der Waals surface area contributed by atoms with Gasteiger partial charge in [-0.2, -0.15) is 0 Å². The van der Waals surface area contributed by atoms with Crippen molar-refractivity contribution < 1.29 is 9.32 Å². The van der Waals surface area contributed by atoms with Crippen molar-refractivity contribution in [2.24, 2.45) is 0 Å². The second kappa shape index (κ2) is 7.59. The molecule has 0 atom stereocenters. The van der Waals surface area contributed by atoms with Crippen LogP contribution in [-0.2, 0) is 12.8 Å². The number of nitrogens with zero attached hydrogens (tertiary/aromatic N) is 1. The van der Waals surface area contributed by atoms with Gasteiger partial charge in [-0.1, -0.05) is 47.6 Å². The molecule has 4 nitrogen and oxygen atoms in total. The highest BCUT2D eigenvalue weighted by Gasteiger charge is 2.08. The average Bonchev–Trinajstić information content (AvgIpc) is 3.05. The zero-order valence-electron chi connectivity index (χ0n) is 13.7. The summed E-state index contributed by atoms with van der Waals surface area (Å²) in [7, 11) is 0. The summed E-state index contributed by atoms with van der Waals surface area (Å²) in [6.45, 7) is 2.61. The van der Waals surface area contributed by atoms with Gasteiger partial charge in [0.25, 0.3) is 5.91 Å². The van der Waals surface area contributed by atoms with Crippen molar-refractivity contribution in [3.8, 4) is 0 Å². The molecule has 3 rings (SSSR count). The van der Waals surface area contributed by atoms with Crippen LogP contribution in [0.15, 0.2) is 65.2 Å². The molecule has 1 amide bonds. The molecule has 1 heterocycles. The van der Waals surface area contributed by atoms with Gasteiger partial charge in [0.1, 0.15) is 5.76 Å². The van der Waals surface area contributed by atoms with Crippen LogP contribution in [0.3, 0.4) is 0 Å². The van der Waals surface area contributed by atoms with Crippen molar-refractivity contribution in [2.75, 3.05) is 6.54 Å². The van der Waals surface area contributed by atoms with Gasteiger partial charge in [-0.05, 0) is 30.2 Å². The number of hydrogen-bond acceptors (Lipinski definition) is 3. The summed E-state index contributed by atoms with van der Waals surface area (Å²) in [5.74, 6) is 0.710. The molecule has 0 aliphatic heterocycles. The maximum Gasteiger partial charge on any atom is 0.251 e. The van der Waals surface area contributed by atoms with Gasteiger partial charge >= 0.3 is 0 Å². The van der Waals surface area contributed by atoms with Crippen molar-refractivity contribution >= 4 is 5.91 Å². The van der Waals surface area contributed by atoms with E-state index >= 15 is 0 Å². The van der Waals surface area contributed by atoms with Crippen molar-refractivity contribution in [3.63, 3.8) is 0 Å². The Labute approximate surface area is 141 Å². The SMILES string of the molecule is Cc1ccccc1Cc1cc(CCNC(=O)c2ccccc2)on1. The summed E-state index contributed by atoms with van der Waals surface area (Å²) < 4.78 is 5.36. The number of rotatable bonds is 6. The lowest BCUT2D eigenvalue weighted by Gasteiger charge is -2.03. The van der Waals surface area contributed by atoms with E-state index in [1.165, 1.54) is 11.1 Å². The maximum absolute atomic E-state index is 12.0. The van der Waals surface area contributed by atoms with E-state index in [4.69, 9.17) is 4.52 Å². The quantitative estimate of drug-likeness (QED) is 0.756.